The van der Waals surface area contributed by atoms with Gasteiger partial charge in [-0.05, 0) is 104 Å². The van der Waals surface area contributed by atoms with Gasteiger partial charge in [-0.25, -0.2) is 9.18 Å². The number of amides is 1. The lowest BCUT2D eigenvalue weighted by atomic mass is 9.55. The maximum atomic E-state index is 14.5. The number of fused-ring (bicyclic) bond motifs is 2. The van der Waals surface area contributed by atoms with Crippen molar-refractivity contribution in [3.8, 4) is 17.2 Å². The second-order valence-corrected chi connectivity index (χ2v) is 15.4. The van der Waals surface area contributed by atoms with Crippen molar-refractivity contribution in [3.63, 3.8) is 0 Å². The first-order chi connectivity index (χ1) is 29.3. The standard InChI is InChI=1S/C48H57FN2O9/c1-4-7-26-56-47(55)51(31-33-17-19-36(49)20-18-33)44-30-42(50-58-6-3)40-28-35(14-8-10-23-52)39(16-9-11-24-53)45-41-29-38(59-37-15-12-13-34(27-37)32-54)21-22-43(41)60-48(44,46(40)45)57-25-5-2/h4-5,12-13,15,17-22,27-29,32,35,39,44-46,52-53H,1-2,6-11,14,16,23-26,30-31H2,3H3. The van der Waals surface area contributed by atoms with Crippen LogP contribution in [0.3, 0.4) is 0 Å². The molecule has 3 aromatic carbocycles. The molecule has 2 aliphatic carbocycles. The lowest BCUT2D eigenvalue weighted by Crippen LogP contribution is -2.70. The first-order valence-corrected chi connectivity index (χ1v) is 21.0. The molecular weight excluding hydrogens is 768 g/mol. The van der Waals surface area contributed by atoms with Crippen molar-refractivity contribution >= 4 is 18.1 Å². The molecule has 60 heavy (non-hydrogen) atoms. The fraction of sp³-hybridized carbons (Fsp3) is 0.438. The highest BCUT2D eigenvalue weighted by molar-refractivity contribution is 6.03. The van der Waals surface area contributed by atoms with Crippen LogP contribution in [0.2, 0.25) is 0 Å². The lowest BCUT2D eigenvalue weighted by Gasteiger charge is -2.59. The topological polar surface area (TPSA) is 136 Å². The summed E-state index contributed by atoms with van der Waals surface area (Å²) in [5.74, 6) is -1.15. The van der Waals surface area contributed by atoms with Crippen molar-refractivity contribution in [2.45, 2.75) is 82.6 Å². The minimum Gasteiger partial charge on any atom is -0.459 e. The van der Waals surface area contributed by atoms with Crippen LogP contribution in [0.4, 0.5) is 9.18 Å². The molecule has 1 heterocycles. The van der Waals surface area contributed by atoms with Gasteiger partial charge in [0.15, 0.2) is 0 Å². The number of carbonyl (C=O) groups is 2. The normalized spacial score (nSPS) is 23.3. The summed E-state index contributed by atoms with van der Waals surface area (Å²) in [5.41, 5.74) is 3.56. The van der Waals surface area contributed by atoms with Gasteiger partial charge in [0.1, 0.15) is 42.0 Å². The van der Waals surface area contributed by atoms with E-state index in [0.29, 0.717) is 60.0 Å². The quantitative estimate of drug-likeness (QED) is 0.0440. The smallest absolute Gasteiger partial charge is 0.410 e. The molecule has 1 fully saturated rings. The number of unbranched alkanes of at least 4 members (excludes halogenated alkanes) is 2. The van der Waals surface area contributed by atoms with Gasteiger partial charge in [0, 0.05) is 43.2 Å². The van der Waals surface area contributed by atoms with E-state index in [-0.39, 0.29) is 57.1 Å². The Morgan fingerprint density at radius 3 is 2.48 bits per heavy atom. The molecule has 3 aromatic rings. The molecule has 0 saturated heterocycles. The van der Waals surface area contributed by atoms with Gasteiger partial charge in [-0.15, -0.1) is 13.2 Å². The van der Waals surface area contributed by atoms with Crippen LogP contribution in [-0.2, 0) is 20.9 Å². The fourth-order valence-electron chi connectivity index (χ4n) is 9.04. The van der Waals surface area contributed by atoms with Crippen molar-refractivity contribution in [1.82, 2.24) is 4.90 Å². The predicted octanol–water partition coefficient (Wildman–Crippen LogP) is 9.30. The summed E-state index contributed by atoms with van der Waals surface area (Å²) >= 11 is 0. The average molecular weight is 825 g/mol. The van der Waals surface area contributed by atoms with Crippen LogP contribution in [0.1, 0.15) is 85.7 Å². The Hall–Kier alpha value is -5.30. The highest BCUT2D eigenvalue weighted by Crippen LogP contribution is 2.62. The van der Waals surface area contributed by atoms with E-state index in [0.717, 1.165) is 43.1 Å². The molecule has 11 nitrogen and oxygen atoms in total. The number of aliphatic hydroxyl groups excluding tert-OH is 2. The number of carbonyl (C=O) groups excluding carboxylic acids is 2. The third-order valence-electron chi connectivity index (χ3n) is 11.6. The molecule has 6 atom stereocenters. The van der Waals surface area contributed by atoms with E-state index in [1.54, 1.807) is 53.5 Å². The number of nitrogens with zero attached hydrogens (tertiary/aromatic N) is 2. The second-order valence-electron chi connectivity index (χ2n) is 15.4. The first-order valence-electron chi connectivity index (χ1n) is 21.0. The highest BCUT2D eigenvalue weighted by atomic mass is 19.1. The Morgan fingerprint density at radius 2 is 1.77 bits per heavy atom. The van der Waals surface area contributed by atoms with Gasteiger partial charge >= 0.3 is 6.09 Å². The van der Waals surface area contributed by atoms with Gasteiger partial charge in [0.05, 0.1) is 24.8 Å². The van der Waals surface area contributed by atoms with E-state index in [2.05, 4.69) is 19.2 Å². The average Bonchev–Trinajstić information content (AvgIpc) is 3.26. The van der Waals surface area contributed by atoms with Crippen molar-refractivity contribution in [2.24, 2.45) is 22.9 Å². The summed E-state index contributed by atoms with van der Waals surface area (Å²) in [6.45, 7) is 10.3. The van der Waals surface area contributed by atoms with Gasteiger partial charge in [-0.3, -0.25) is 9.69 Å². The second kappa shape index (κ2) is 21.3. The molecule has 1 amide bonds. The molecule has 0 aromatic heterocycles. The van der Waals surface area contributed by atoms with Crippen molar-refractivity contribution in [2.75, 3.05) is 33.0 Å². The number of oxime groups is 1. The summed E-state index contributed by atoms with van der Waals surface area (Å²) in [7, 11) is 0. The van der Waals surface area contributed by atoms with E-state index in [9.17, 15) is 24.2 Å². The minimum absolute atomic E-state index is 0.0100. The number of rotatable bonds is 22. The monoisotopic (exact) mass is 824 g/mol. The van der Waals surface area contributed by atoms with Crippen LogP contribution in [0.15, 0.2) is 109 Å². The number of aliphatic hydroxyl groups is 2. The molecule has 3 aliphatic rings. The molecule has 0 radical (unpaired) electrons. The number of benzene rings is 3. The van der Waals surface area contributed by atoms with E-state index in [4.69, 9.17) is 28.9 Å². The molecule has 0 spiro atoms. The Bertz CT molecular complexity index is 2000. The Kier molecular flexibility index (Phi) is 15.7. The van der Waals surface area contributed by atoms with E-state index >= 15 is 0 Å². The molecular formula is C48H57FN2O9. The van der Waals surface area contributed by atoms with Crippen LogP contribution in [0.5, 0.6) is 17.2 Å². The minimum atomic E-state index is -1.52. The van der Waals surface area contributed by atoms with E-state index in [1.807, 2.05) is 25.1 Å². The Balaban J connectivity index is 1.59. The zero-order valence-corrected chi connectivity index (χ0v) is 34.4. The Labute approximate surface area is 352 Å². The van der Waals surface area contributed by atoms with Crippen LogP contribution >= 0.6 is 0 Å². The van der Waals surface area contributed by atoms with E-state index < -0.39 is 29.7 Å². The molecule has 320 valence electrons. The molecule has 2 N–H and O–H groups in total. The zero-order chi connectivity index (χ0) is 42.5. The molecule has 0 bridgehead atoms. The third-order valence-corrected chi connectivity index (χ3v) is 11.6. The van der Waals surface area contributed by atoms with Crippen molar-refractivity contribution in [3.05, 3.63) is 126 Å². The van der Waals surface area contributed by atoms with Gasteiger partial charge in [-0.1, -0.05) is 60.5 Å². The number of aldehydes is 1. The number of allylic oxidation sites excluding steroid dienone is 1. The van der Waals surface area contributed by atoms with Gasteiger partial charge < -0.3 is 34.0 Å². The SMILES string of the molecule is C=CCCOC(=O)N(Cc1ccc(F)cc1)C1CC(=NOCC)C2=CC(CCCCO)C(CCCCO)C3c4cc(Oc5cccc(C=O)c5)ccc4OC1(OCC=C)C23. The predicted molar refractivity (Wildman–Crippen MR) is 227 cm³/mol. The number of ether oxygens (including phenoxy) is 4. The molecule has 6 unspecified atom stereocenters. The van der Waals surface area contributed by atoms with Crippen molar-refractivity contribution < 1.29 is 48.0 Å². The van der Waals surface area contributed by atoms with Gasteiger partial charge in [0.2, 0.25) is 5.79 Å². The number of halogens is 1. The Morgan fingerprint density at radius 1 is 1.00 bits per heavy atom. The van der Waals surface area contributed by atoms with E-state index in [1.165, 1.54) is 12.1 Å². The largest absolute Gasteiger partial charge is 0.459 e. The number of hydrogen-bond acceptors (Lipinski definition) is 10. The lowest BCUT2D eigenvalue weighted by molar-refractivity contribution is -0.256. The fourth-order valence-corrected chi connectivity index (χ4v) is 9.04. The van der Waals surface area contributed by atoms with Crippen LogP contribution < -0.4 is 9.47 Å². The van der Waals surface area contributed by atoms with Crippen LogP contribution in [0, 0.1) is 23.6 Å². The summed E-state index contributed by atoms with van der Waals surface area (Å²) in [5, 5.41) is 24.5. The van der Waals surface area contributed by atoms with Crippen LogP contribution in [-0.4, -0.2) is 78.1 Å². The third kappa shape index (κ3) is 10.00. The highest BCUT2D eigenvalue weighted by Gasteiger charge is 2.65. The molecule has 1 aliphatic heterocycles. The summed E-state index contributed by atoms with van der Waals surface area (Å²) in [4.78, 5) is 33.5. The molecule has 1 saturated carbocycles. The summed E-state index contributed by atoms with van der Waals surface area (Å²) in [6, 6.07) is 17.8. The first kappa shape index (κ1) is 44.3. The van der Waals surface area contributed by atoms with Gasteiger partial charge in [0.25, 0.3) is 0 Å². The molecule has 6 rings (SSSR count). The van der Waals surface area contributed by atoms with Gasteiger partial charge in [-0.2, -0.15) is 0 Å². The summed E-state index contributed by atoms with van der Waals surface area (Å²) in [6.07, 6.45) is 10.7. The summed E-state index contributed by atoms with van der Waals surface area (Å²) < 4.78 is 40.8. The van der Waals surface area contributed by atoms with Crippen molar-refractivity contribution in [1.29, 1.82) is 0 Å². The van der Waals surface area contributed by atoms with Crippen LogP contribution in [0.25, 0.3) is 0 Å². The maximum absolute atomic E-state index is 14.5. The molecule has 12 heteroatoms. The zero-order valence-electron chi connectivity index (χ0n) is 34.4. The maximum Gasteiger partial charge on any atom is 0.410 e. The number of hydrogen-bond donors (Lipinski definition) is 2.